The summed E-state index contributed by atoms with van der Waals surface area (Å²) in [7, 11) is 4.55. The predicted octanol–water partition coefficient (Wildman–Crippen LogP) is 4.99. The van der Waals surface area contributed by atoms with Gasteiger partial charge in [-0.3, -0.25) is 9.78 Å². The van der Waals surface area contributed by atoms with Crippen LogP contribution in [0.5, 0.6) is 17.2 Å². The molecule has 0 aliphatic heterocycles. The zero-order chi connectivity index (χ0) is 30.6. The van der Waals surface area contributed by atoms with Gasteiger partial charge in [0.2, 0.25) is 11.7 Å². The first-order chi connectivity index (χ1) is 20.0. The second kappa shape index (κ2) is 12.7. The lowest BCUT2D eigenvalue weighted by Gasteiger charge is -2.33. The molecule has 1 heterocycles. The van der Waals surface area contributed by atoms with E-state index in [2.05, 4.69) is 4.98 Å². The Morgan fingerprint density at radius 3 is 2.45 bits per heavy atom. The number of hydrogen-bond donors (Lipinski definition) is 1. The van der Waals surface area contributed by atoms with Crippen molar-refractivity contribution in [1.82, 2.24) is 9.88 Å². The van der Waals surface area contributed by atoms with Gasteiger partial charge in [-0.05, 0) is 74.6 Å². The SMILES string of the molecule is COC1=CC=C2C(=CC1O)C(N(C(C)=O)C(=O)OC(C)(C)C)CCc1cc(OC)c(OC)c(OCc3cccnc3)c12. The van der Waals surface area contributed by atoms with Crippen LogP contribution < -0.4 is 14.2 Å². The molecule has 0 fully saturated rings. The van der Waals surface area contributed by atoms with Crippen LogP contribution >= 0.6 is 0 Å². The summed E-state index contributed by atoms with van der Waals surface area (Å²) in [6.07, 6.45) is 7.37. The number of benzene rings is 1. The standard InChI is InChI=1S/C32H38N2O8/c1-19(35)34(31(37)42-32(2,3)4)24-12-10-21-15-27(39-6)29(40-7)30(41-18-20-9-8-14-33-17-20)28(21)22-11-13-26(38-5)25(36)16-23(22)24/h8-9,11,13-17,24-25,36H,10,12,18H2,1-7H3. The van der Waals surface area contributed by atoms with E-state index in [0.29, 0.717) is 52.6 Å². The number of rotatable bonds is 7. The average Bonchev–Trinajstić information content (AvgIpc) is 3.19. The largest absolute Gasteiger partial charge is 0.498 e. The second-order valence-corrected chi connectivity index (χ2v) is 11.0. The third-order valence-corrected chi connectivity index (χ3v) is 6.96. The number of aliphatic hydroxyl groups is 1. The van der Waals surface area contributed by atoms with Gasteiger partial charge in [-0.25, -0.2) is 9.69 Å². The highest BCUT2D eigenvalue weighted by Gasteiger charge is 2.39. The first-order valence-corrected chi connectivity index (χ1v) is 13.7. The van der Waals surface area contributed by atoms with Crippen molar-refractivity contribution < 1.29 is 38.4 Å². The molecule has 10 nitrogen and oxygen atoms in total. The molecule has 4 rings (SSSR count). The molecule has 2 atom stereocenters. The van der Waals surface area contributed by atoms with Crippen LogP contribution in [0.3, 0.4) is 0 Å². The highest BCUT2D eigenvalue weighted by molar-refractivity contribution is 5.95. The van der Waals surface area contributed by atoms with Crippen LogP contribution in [0, 0.1) is 0 Å². The topological polar surface area (TPSA) is 117 Å². The number of aromatic nitrogens is 1. The van der Waals surface area contributed by atoms with Gasteiger partial charge in [0.25, 0.3) is 0 Å². The molecule has 2 aliphatic rings. The van der Waals surface area contributed by atoms with Crippen LogP contribution in [0.2, 0.25) is 0 Å². The number of aliphatic hydroxyl groups excluding tert-OH is 1. The molecule has 0 spiro atoms. The normalized spacial score (nSPS) is 18.0. The maximum absolute atomic E-state index is 13.4. The van der Waals surface area contributed by atoms with Gasteiger partial charge in [0.1, 0.15) is 24.1 Å². The lowest BCUT2D eigenvalue weighted by atomic mass is 9.90. The Bertz CT molecular complexity index is 1420. The number of aryl methyl sites for hydroxylation is 1. The molecule has 1 aromatic heterocycles. The van der Waals surface area contributed by atoms with Crippen molar-refractivity contribution >= 4 is 17.6 Å². The molecule has 0 saturated carbocycles. The fourth-order valence-electron chi connectivity index (χ4n) is 5.19. The number of pyridine rings is 1. The Kier molecular flexibility index (Phi) is 9.26. The van der Waals surface area contributed by atoms with Gasteiger partial charge in [0, 0.05) is 30.4 Å². The van der Waals surface area contributed by atoms with Crippen molar-refractivity contribution in [3.8, 4) is 17.2 Å². The highest BCUT2D eigenvalue weighted by atomic mass is 16.6. The first kappa shape index (κ1) is 30.6. The molecule has 1 N–H and O–H groups in total. The Balaban J connectivity index is 1.95. The Hall–Kier alpha value is -4.31. The molecule has 10 heteroatoms. The summed E-state index contributed by atoms with van der Waals surface area (Å²) in [5.74, 6) is 1.09. The van der Waals surface area contributed by atoms with E-state index in [4.69, 9.17) is 23.7 Å². The molecule has 224 valence electrons. The number of imide groups is 1. The number of hydrogen-bond acceptors (Lipinski definition) is 9. The lowest BCUT2D eigenvalue weighted by Crippen LogP contribution is -2.47. The van der Waals surface area contributed by atoms with Crippen LogP contribution in [0.15, 0.2) is 60.2 Å². The smallest absolute Gasteiger partial charge is 0.417 e. The Morgan fingerprint density at radius 1 is 1.10 bits per heavy atom. The minimum absolute atomic E-state index is 0.193. The first-order valence-electron chi connectivity index (χ1n) is 13.7. The predicted molar refractivity (Wildman–Crippen MR) is 156 cm³/mol. The molecule has 0 saturated heterocycles. The van der Waals surface area contributed by atoms with Gasteiger partial charge in [-0.15, -0.1) is 0 Å². The van der Waals surface area contributed by atoms with Crippen molar-refractivity contribution in [3.63, 3.8) is 0 Å². The summed E-state index contributed by atoms with van der Waals surface area (Å²) in [4.78, 5) is 31.8. The number of amides is 2. The van der Waals surface area contributed by atoms with E-state index in [-0.39, 0.29) is 6.61 Å². The zero-order valence-corrected chi connectivity index (χ0v) is 25.1. The maximum atomic E-state index is 13.4. The lowest BCUT2D eigenvalue weighted by molar-refractivity contribution is -0.129. The second-order valence-electron chi connectivity index (χ2n) is 11.0. The molecule has 2 amide bonds. The van der Waals surface area contributed by atoms with Crippen molar-refractivity contribution in [2.75, 3.05) is 21.3 Å². The number of carbonyl (C=O) groups is 2. The number of fused-ring (bicyclic) bond motifs is 3. The average molecular weight is 579 g/mol. The maximum Gasteiger partial charge on any atom is 0.417 e. The summed E-state index contributed by atoms with van der Waals surface area (Å²) in [5.41, 5.74) is 2.74. The van der Waals surface area contributed by atoms with E-state index in [1.54, 1.807) is 58.5 Å². The number of ether oxygens (including phenoxy) is 5. The summed E-state index contributed by atoms with van der Waals surface area (Å²) in [6.45, 7) is 6.74. The quantitative estimate of drug-likeness (QED) is 0.485. The van der Waals surface area contributed by atoms with Crippen LogP contribution in [0.1, 0.15) is 50.8 Å². The zero-order valence-electron chi connectivity index (χ0n) is 25.1. The molecular weight excluding hydrogens is 540 g/mol. The third-order valence-electron chi connectivity index (χ3n) is 6.96. The summed E-state index contributed by atoms with van der Waals surface area (Å²) >= 11 is 0. The van der Waals surface area contributed by atoms with E-state index in [0.717, 1.165) is 16.0 Å². The van der Waals surface area contributed by atoms with Gasteiger partial charge in [0.05, 0.1) is 27.4 Å². The summed E-state index contributed by atoms with van der Waals surface area (Å²) in [5, 5.41) is 11.1. The molecule has 42 heavy (non-hydrogen) atoms. The Morgan fingerprint density at radius 2 is 1.86 bits per heavy atom. The summed E-state index contributed by atoms with van der Waals surface area (Å²) in [6, 6.07) is 4.84. The van der Waals surface area contributed by atoms with E-state index in [1.165, 1.54) is 21.1 Å². The fraction of sp³-hybridized carbons (Fsp3) is 0.406. The van der Waals surface area contributed by atoms with Crippen LogP contribution in [0.4, 0.5) is 4.79 Å². The number of methoxy groups -OCH3 is 3. The molecule has 0 radical (unpaired) electrons. The van der Waals surface area contributed by atoms with Crippen LogP contribution in [0.25, 0.3) is 5.57 Å². The molecule has 1 aromatic carbocycles. The Labute approximate surface area is 246 Å². The molecule has 0 bridgehead atoms. The van der Waals surface area contributed by atoms with Crippen molar-refractivity contribution in [1.29, 1.82) is 0 Å². The van der Waals surface area contributed by atoms with Gasteiger partial charge in [-0.2, -0.15) is 0 Å². The van der Waals surface area contributed by atoms with Gasteiger partial charge >= 0.3 is 6.09 Å². The molecule has 2 aromatic rings. The monoisotopic (exact) mass is 578 g/mol. The minimum atomic E-state index is -1.13. The van der Waals surface area contributed by atoms with Gasteiger partial charge in [0.15, 0.2) is 11.5 Å². The molecule has 2 unspecified atom stereocenters. The number of nitrogens with zero attached hydrogens (tertiary/aromatic N) is 2. The van der Waals surface area contributed by atoms with Crippen LogP contribution in [-0.4, -0.2) is 66.1 Å². The highest BCUT2D eigenvalue weighted by Crippen LogP contribution is 2.50. The van der Waals surface area contributed by atoms with E-state index in [1.807, 2.05) is 18.2 Å². The fourth-order valence-corrected chi connectivity index (χ4v) is 5.19. The van der Waals surface area contributed by atoms with Crippen molar-refractivity contribution in [2.45, 2.75) is 64.9 Å². The number of allylic oxidation sites excluding steroid dienone is 2. The van der Waals surface area contributed by atoms with E-state index < -0.39 is 29.7 Å². The van der Waals surface area contributed by atoms with Gasteiger partial charge in [-0.1, -0.05) is 12.1 Å². The van der Waals surface area contributed by atoms with Gasteiger partial charge < -0.3 is 28.8 Å². The summed E-state index contributed by atoms with van der Waals surface area (Å²) < 4.78 is 29.0. The molecule has 2 aliphatic carbocycles. The molecular formula is C32H38N2O8. The number of carbonyl (C=O) groups excluding carboxylic acids is 2. The van der Waals surface area contributed by atoms with Crippen molar-refractivity contribution in [2.24, 2.45) is 0 Å². The minimum Gasteiger partial charge on any atom is -0.498 e. The van der Waals surface area contributed by atoms with E-state index >= 15 is 0 Å². The van der Waals surface area contributed by atoms with Crippen LogP contribution in [-0.2, 0) is 27.3 Å². The van der Waals surface area contributed by atoms with E-state index in [9.17, 15) is 14.7 Å². The van der Waals surface area contributed by atoms with Crippen molar-refractivity contribution in [3.05, 3.63) is 76.8 Å². The third kappa shape index (κ3) is 6.44.